The molecule has 26 heavy (non-hydrogen) atoms. The third-order valence-corrected chi connectivity index (χ3v) is 4.54. The van der Waals surface area contributed by atoms with E-state index in [1.54, 1.807) is 13.4 Å². The largest absolute Gasteiger partial charge is 0.497 e. The molecule has 0 spiro atoms. The summed E-state index contributed by atoms with van der Waals surface area (Å²) in [5, 5.41) is 1.06. The van der Waals surface area contributed by atoms with Crippen molar-refractivity contribution in [2.75, 3.05) is 7.11 Å². The molecule has 0 amide bonds. The van der Waals surface area contributed by atoms with E-state index in [-0.39, 0.29) is 0 Å². The molecule has 2 aromatic heterocycles. The summed E-state index contributed by atoms with van der Waals surface area (Å²) in [6.45, 7) is 4.26. The van der Waals surface area contributed by atoms with E-state index >= 15 is 0 Å². The Morgan fingerprint density at radius 2 is 1.77 bits per heavy atom. The van der Waals surface area contributed by atoms with Gasteiger partial charge >= 0.3 is 0 Å². The second-order valence-electron chi connectivity index (χ2n) is 6.67. The fraction of sp³-hybridized carbons (Fsp3) is 0.182. The van der Waals surface area contributed by atoms with Crippen LogP contribution in [0.25, 0.3) is 22.3 Å². The first-order valence-corrected chi connectivity index (χ1v) is 8.66. The van der Waals surface area contributed by atoms with Crippen molar-refractivity contribution in [3.63, 3.8) is 0 Å². The van der Waals surface area contributed by atoms with Crippen molar-refractivity contribution in [2.45, 2.75) is 20.3 Å². The average molecular weight is 343 g/mol. The van der Waals surface area contributed by atoms with Crippen LogP contribution in [0.1, 0.15) is 22.4 Å². The number of methoxy groups -OCH3 is 1. The second kappa shape index (κ2) is 6.64. The number of aromatic amines is 1. The van der Waals surface area contributed by atoms with Crippen LogP contribution in [-0.2, 0) is 6.42 Å². The molecule has 0 unspecified atom stereocenters. The first kappa shape index (κ1) is 16.3. The Kier molecular flexibility index (Phi) is 4.17. The lowest BCUT2D eigenvalue weighted by Gasteiger charge is -2.05. The van der Waals surface area contributed by atoms with E-state index in [2.05, 4.69) is 59.1 Å². The van der Waals surface area contributed by atoms with E-state index in [1.807, 2.05) is 18.2 Å². The van der Waals surface area contributed by atoms with Crippen LogP contribution >= 0.6 is 0 Å². The van der Waals surface area contributed by atoms with E-state index in [4.69, 9.17) is 4.74 Å². The molecule has 1 N–H and O–H groups in total. The fourth-order valence-corrected chi connectivity index (χ4v) is 3.44. The van der Waals surface area contributed by atoms with Crippen LogP contribution in [0.4, 0.5) is 0 Å². The molecule has 0 bridgehead atoms. The molecule has 4 aromatic rings. The highest BCUT2D eigenvalue weighted by Gasteiger charge is 2.11. The molecule has 0 saturated heterocycles. The molecular weight excluding hydrogens is 322 g/mol. The molecule has 0 aliphatic heterocycles. The summed E-state index contributed by atoms with van der Waals surface area (Å²) in [5.74, 6) is 0.836. The first-order chi connectivity index (χ1) is 12.6. The molecular formula is C22H21N3O. The van der Waals surface area contributed by atoms with Crippen molar-refractivity contribution >= 4 is 11.0 Å². The van der Waals surface area contributed by atoms with Gasteiger partial charge in [0, 0.05) is 23.1 Å². The zero-order chi connectivity index (χ0) is 18.1. The lowest BCUT2D eigenvalue weighted by Crippen LogP contribution is -1.95. The smallest absolute Gasteiger partial charge is 0.141 e. The summed E-state index contributed by atoms with van der Waals surface area (Å²) in [6.07, 6.45) is 2.42. The third kappa shape index (κ3) is 3.18. The van der Waals surface area contributed by atoms with Gasteiger partial charge in [0.15, 0.2) is 0 Å². The SMILES string of the molecule is COc1cccc(-c2cc3c(Cc4cc(C)cc(C)c4)ncnc3[nH]2)c1. The van der Waals surface area contributed by atoms with Gasteiger partial charge in [-0.1, -0.05) is 41.5 Å². The quantitative estimate of drug-likeness (QED) is 0.577. The zero-order valence-corrected chi connectivity index (χ0v) is 15.2. The second-order valence-corrected chi connectivity index (χ2v) is 6.67. The normalized spacial score (nSPS) is 11.0. The molecule has 0 fully saturated rings. The van der Waals surface area contributed by atoms with Gasteiger partial charge in [-0.05, 0) is 37.6 Å². The summed E-state index contributed by atoms with van der Waals surface area (Å²) < 4.78 is 5.33. The highest BCUT2D eigenvalue weighted by molar-refractivity contribution is 5.85. The van der Waals surface area contributed by atoms with Crippen LogP contribution in [0.15, 0.2) is 54.9 Å². The van der Waals surface area contributed by atoms with Crippen molar-refractivity contribution in [1.29, 1.82) is 0 Å². The Morgan fingerprint density at radius 3 is 2.54 bits per heavy atom. The van der Waals surface area contributed by atoms with Gasteiger partial charge < -0.3 is 9.72 Å². The Hall–Kier alpha value is -3.14. The van der Waals surface area contributed by atoms with E-state index in [0.717, 1.165) is 40.2 Å². The van der Waals surface area contributed by atoms with Crippen LogP contribution in [0.5, 0.6) is 5.75 Å². The minimum absolute atomic E-state index is 0.789. The predicted molar refractivity (Wildman–Crippen MR) is 105 cm³/mol. The van der Waals surface area contributed by atoms with Crippen molar-refractivity contribution < 1.29 is 4.74 Å². The van der Waals surface area contributed by atoms with Gasteiger partial charge in [0.1, 0.15) is 17.7 Å². The lowest BCUT2D eigenvalue weighted by atomic mass is 10.0. The van der Waals surface area contributed by atoms with Gasteiger partial charge in [0.05, 0.1) is 12.8 Å². The molecule has 2 heterocycles. The van der Waals surface area contributed by atoms with Crippen LogP contribution in [0, 0.1) is 13.8 Å². The number of hydrogen-bond donors (Lipinski definition) is 1. The van der Waals surface area contributed by atoms with E-state index < -0.39 is 0 Å². The van der Waals surface area contributed by atoms with Crippen LogP contribution in [0.3, 0.4) is 0 Å². The first-order valence-electron chi connectivity index (χ1n) is 8.66. The van der Waals surface area contributed by atoms with Crippen LogP contribution in [-0.4, -0.2) is 22.1 Å². The molecule has 4 nitrogen and oxygen atoms in total. The number of H-pyrrole nitrogens is 1. The van der Waals surface area contributed by atoms with Gasteiger partial charge in [-0.2, -0.15) is 0 Å². The highest BCUT2D eigenvalue weighted by Crippen LogP contribution is 2.28. The maximum atomic E-state index is 5.33. The lowest BCUT2D eigenvalue weighted by molar-refractivity contribution is 0.415. The van der Waals surface area contributed by atoms with Gasteiger partial charge in [-0.3, -0.25) is 0 Å². The molecule has 0 aliphatic rings. The predicted octanol–water partition coefficient (Wildman–Crippen LogP) is 4.84. The van der Waals surface area contributed by atoms with E-state index in [1.165, 1.54) is 16.7 Å². The maximum Gasteiger partial charge on any atom is 0.141 e. The number of fused-ring (bicyclic) bond motifs is 1. The molecule has 0 atom stereocenters. The molecule has 0 saturated carbocycles. The van der Waals surface area contributed by atoms with Gasteiger partial charge in [-0.25, -0.2) is 9.97 Å². The average Bonchev–Trinajstić information content (AvgIpc) is 3.06. The number of benzene rings is 2. The summed E-state index contributed by atoms with van der Waals surface area (Å²) in [4.78, 5) is 12.4. The maximum absolute atomic E-state index is 5.33. The molecule has 4 heteroatoms. The van der Waals surface area contributed by atoms with Crippen molar-refractivity contribution in [3.05, 3.63) is 77.2 Å². The molecule has 130 valence electrons. The number of nitrogens with one attached hydrogen (secondary N) is 1. The van der Waals surface area contributed by atoms with Crippen molar-refractivity contribution in [1.82, 2.24) is 15.0 Å². The minimum Gasteiger partial charge on any atom is -0.497 e. The number of ether oxygens (including phenoxy) is 1. The summed E-state index contributed by atoms with van der Waals surface area (Å²) in [5.41, 5.74) is 7.79. The molecule has 4 rings (SSSR count). The summed E-state index contributed by atoms with van der Waals surface area (Å²) in [6, 6.07) is 16.8. The van der Waals surface area contributed by atoms with Gasteiger partial charge in [-0.15, -0.1) is 0 Å². The highest BCUT2D eigenvalue weighted by atomic mass is 16.5. The number of nitrogens with zero attached hydrogens (tertiary/aromatic N) is 2. The molecule has 0 aliphatic carbocycles. The Labute approximate surface area is 152 Å². The number of aromatic nitrogens is 3. The van der Waals surface area contributed by atoms with Crippen LogP contribution < -0.4 is 4.74 Å². The summed E-state index contributed by atoms with van der Waals surface area (Å²) >= 11 is 0. The third-order valence-electron chi connectivity index (χ3n) is 4.54. The van der Waals surface area contributed by atoms with Crippen molar-refractivity contribution in [3.8, 4) is 17.0 Å². The minimum atomic E-state index is 0.789. The standard InChI is InChI=1S/C22H21N3O/c1-14-7-15(2)9-16(8-14)10-21-19-12-20(25-22(19)24-13-23-21)17-5-4-6-18(11-17)26-3/h4-9,11-13H,10H2,1-3H3,(H,23,24,25). The number of aryl methyl sites for hydroxylation is 2. The van der Waals surface area contributed by atoms with Crippen molar-refractivity contribution in [2.24, 2.45) is 0 Å². The Morgan fingerprint density at radius 1 is 0.962 bits per heavy atom. The molecule has 2 aromatic carbocycles. The van der Waals surface area contributed by atoms with Crippen LogP contribution in [0.2, 0.25) is 0 Å². The van der Waals surface area contributed by atoms with E-state index in [0.29, 0.717) is 0 Å². The Balaban J connectivity index is 1.76. The topological polar surface area (TPSA) is 50.8 Å². The van der Waals surface area contributed by atoms with Gasteiger partial charge in [0.2, 0.25) is 0 Å². The zero-order valence-electron chi connectivity index (χ0n) is 15.2. The monoisotopic (exact) mass is 343 g/mol. The Bertz CT molecular complexity index is 1060. The number of rotatable bonds is 4. The fourth-order valence-electron chi connectivity index (χ4n) is 3.44. The number of hydrogen-bond acceptors (Lipinski definition) is 3. The van der Waals surface area contributed by atoms with Gasteiger partial charge in [0.25, 0.3) is 0 Å². The summed E-state index contributed by atoms with van der Waals surface area (Å²) in [7, 11) is 1.68. The van der Waals surface area contributed by atoms with E-state index in [9.17, 15) is 0 Å². The molecule has 0 radical (unpaired) electrons.